The molecule has 0 radical (unpaired) electrons. The molecule has 8 heteroatoms. The van der Waals surface area contributed by atoms with Crippen LogP contribution in [0.3, 0.4) is 0 Å². The normalized spacial score (nSPS) is 17.9. The molecule has 2 atom stereocenters. The van der Waals surface area contributed by atoms with Gasteiger partial charge in [-0.1, -0.05) is 50.0 Å². The second-order valence-corrected chi connectivity index (χ2v) is 8.99. The van der Waals surface area contributed by atoms with Gasteiger partial charge in [0.1, 0.15) is 5.49 Å². The van der Waals surface area contributed by atoms with Gasteiger partial charge in [-0.15, -0.1) is 0 Å². The maximum Gasteiger partial charge on any atom is 0.239 e. The molecule has 1 fully saturated rings. The van der Waals surface area contributed by atoms with Crippen LogP contribution >= 0.6 is 0 Å². The van der Waals surface area contributed by atoms with Crippen LogP contribution in [0.2, 0.25) is 0 Å². The summed E-state index contributed by atoms with van der Waals surface area (Å²) in [6.07, 6.45) is 19.9. The zero-order valence-corrected chi connectivity index (χ0v) is 21.9. The number of hydrogen-bond donors (Lipinski definition) is 1. The maximum absolute atomic E-state index is 13.0. The van der Waals surface area contributed by atoms with E-state index in [-0.39, 0.29) is 11.9 Å². The van der Waals surface area contributed by atoms with Crippen LogP contribution in [0.15, 0.2) is 84.6 Å². The highest BCUT2D eigenvalue weighted by Gasteiger charge is 2.24. The molecule has 0 saturated carbocycles. The Morgan fingerprint density at radius 2 is 2.03 bits per heavy atom. The molecule has 0 aromatic carbocycles. The van der Waals surface area contributed by atoms with Crippen LogP contribution in [-0.4, -0.2) is 70.6 Å². The molecule has 2 rings (SSSR count). The van der Waals surface area contributed by atoms with Gasteiger partial charge in [0.25, 0.3) is 0 Å². The minimum Gasteiger partial charge on any atom is -0.339 e. The SMILES string of the molecule is C=C/C(=C\C=C\F)CN1CCN(C(=O)C(C)NCn2ccncc2=NCC(C)C/C=C\C=C/C)CC1. The Hall–Kier alpha value is -3.10. The summed E-state index contributed by atoms with van der Waals surface area (Å²) < 4.78 is 14.3. The van der Waals surface area contributed by atoms with Crippen molar-refractivity contribution < 1.29 is 9.18 Å². The lowest BCUT2D eigenvalue weighted by Crippen LogP contribution is -2.53. The molecular formula is C28H41FN6O. The molecule has 1 N–H and O–H groups in total. The van der Waals surface area contributed by atoms with Crippen molar-refractivity contribution in [3.8, 4) is 0 Å². The zero-order chi connectivity index (χ0) is 26.2. The van der Waals surface area contributed by atoms with Gasteiger partial charge in [-0.05, 0) is 37.8 Å². The van der Waals surface area contributed by atoms with Gasteiger partial charge in [-0.3, -0.25) is 25.0 Å². The number of halogens is 1. The molecule has 36 heavy (non-hydrogen) atoms. The molecule has 1 aromatic rings. The monoisotopic (exact) mass is 496 g/mol. The lowest BCUT2D eigenvalue weighted by molar-refractivity contribution is -0.134. The van der Waals surface area contributed by atoms with Crippen LogP contribution in [0.25, 0.3) is 0 Å². The number of nitrogens with zero attached hydrogens (tertiary/aromatic N) is 5. The summed E-state index contributed by atoms with van der Waals surface area (Å²) in [5, 5.41) is 3.33. The van der Waals surface area contributed by atoms with E-state index < -0.39 is 0 Å². The predicted octanol–water partition coefficient (Wildman–Crippen LogP) is 3.62. The van der Waals surface area contributed by atoms with Crippen molar-refractivity contribution in [2.24, 2.45) is 10.9 Å². The highest BCUT2D eigenvalue weighted by molar-refractivity contribution is 5.81. The first-order valence-corrected chi connectivity index (χ1v) is 12.6. The largest absolute Gasteiger partial charge is 0.339 e. The third kappa shape index (κ3) is 10.3. The lowest BCUT2D eigenvalue weighted by Gasteiger charge is -2.36. The average Bonchev–Trinajstić information content (AvgIpc) is 2.91. The van der Waals surface area contributed by atoms with E-state index in [1.54, 1.807) is 24.5 Å². The quantitative estimate of drug-likeness (QED) is 0.424. The topological polar surface area (TPSA) is 65.8 Å². The minimum absolute atomic E-state index is 0.0872. The highest BCUT2D eigenvalue weighted by Crippen LogP contribution is 2.08. The van der Waals surface area contributed by atoms with E-state index >= 15 is 0 Å². The van der Waals surface area contributed by atoms with Crippen LogP contribution in [0.5, 0.6) is 0 Å². The number of aromatic nitrogens is 2. The van der Waals surface area contributed by atoms with E-state index in [9.17, 15) is 9.18 Å². The smallest absolute Gasteiger partial charge is 0.239 e. The molecule has 2 heterocycles. The molecule has 1 aromatic heterocycles. The summed E-state index contributed by atoms with van der Waals surface area (Å²) in [5.74, 6) is 0.509. The van der Waals surface area contributed by atoms with Gasteiger partial charge < -0.3 is 9.47 Å². The predicted molar refractivity (Wildman–Crippen MR) is 145 cm³/mol. The zero-order valence-electron chi connectivity index (χ0n) is 21.9. The Labute approximate surface area is 215 Å². The Balaban J connectivity index is 1.86. The highest BCUT2D eigenvalue weighted by atomic mass is 19.1. The van der Waals surface area contributed by atoms with Crippen LogP contribution in [0, 0.1) is 5.92 Å². The molecule has 1 aliphatic rings. The lowest BCUT2D eigenvalue weighted by atomic mass is 10.1. The van der Waals surface area contributed by atoms with Crippen molar-refractivity contribution in [1.82, 2.24) is 24.7 Å². The van der Waals surface area contributed by atoms with Crippen LogP contribution in [-0.2, 0) is 11.5 Å². The number of carbonyl (C=O) groups is 1. The van der Waals surface area contributed by atoms with E-state index in [0.717, 1.165) is 30.6 Å². The fraction of sp³-hybridized carbons (Fsp3) is 0.464. The van der Waals surface area contributed by atoms with E-state index in [4.69, 9.17) is 4.99 Å². The van der Waals surface area contributed by atoms with Gasteiger partial charge >= 0.3 is 0 Å². The number of carbonyl (C=O) groups excluding carboxylic acids is 1. The Morgan fingerprint density at radius 1 is 1.25 bits per heavy atom. The molecule has 7 nitrogen and oxygen atoms in total. The molecule has 2 unspecified atom stereocenters. The molecule has 0 bridgehead atoms. The summed E-state index contributed by atoms with van der Waals surface area (Å²) in [6.45, 7) is 14.6. The minimum atomic E-state index is -0.320. The van der Waals surface area contributed by atoms with E-state index in [2.05, 4.69) is 40.9 Å². The number of nitrogens with one attached hydrogen (secondary N) is 1. The fourth-order valence-corrected chi connectivity index (χ4v) is 3.80. The van der Waals surface area contributed by atoms with E-state index in [0.29, 0.717) is 45.1 Å². The maximum atomic E-state index is 13.0. The third-order valence-electron chi connectivity index (χ3n) is 6.03. The first-order valence-electron chi connectivity index (χ1n) is 12.6. The average molecular weight is 497 g/mol. The first kappa shape index (κ1) is 29.1. The molecule has 1 aliphatic heterocycles. The summed E-state index contributed by atoms with van der Waals surface area (Å²) in [5.41, 5.74) is 1.74. The van der Waals surface area contributed by atoms with Crippen molar-refractivity contribution in [2.75, 3.05) is 39.3 Å². The summed E-state index contributed by atoms with van der Waals surface area (Å²) in [6, 6.07) is -0.320. The van der Waals surface area contributed by atoms with Gasteiger partial charge in [0.05, 0.1) is 25.2 Å². The van der Waals surface area contributed by atoms with Gasteiger partial charge in [-0.25, -0.2) is 4.39 Å². The third-order valence-corrected chi connectivity index (χ3v) is 6.03. The number of hydrogen-bond acceptors (Lipinski definition) is 5. The van der Waals surface area contributed by atoms with Crippen molar-refractivity contribution in [1.29, 1.82) is 0 Å². The van der Waals surface area contributed by atoms with Crippen LogP contribution in [0.4, 0.5) is 4.39 Å². The van der Waals surface area contributed by atoms with Crippen LogP contribution < -0.4 is 10.8 Å². The standard InChI is InChI=1S/C28H41FN6O/c1-5-7-8-9-11-24(3)20-31-27-21-30-14-15-35(27)23-32-25(4)28(36)34-18-16-33(17-19-34)22-26(6-2)12-10-13-29/h5-10,12-15,21,24-25,32H,2,11,16-20,22-23H2,1,3-4H3/b7-5-,9-8-,13-10+,26-12+,31-27?. The summed E-state index contributed by atoms with van der Waals surface area (Å²) in [7, 11) is 0. The number of piperazine rings is 1. The summed E-state index contributed by atoms with van der Waals surface area (Å²) >= 11 is 0. The molecule has 1 saturated heterocycles. The first-order chi connectivity index (χ1) is 17.5. The van der Waals surface area contributed by atoms with Gasteiger partial charge in [0.15, 0.2) is 0 Å². The molecule has 1 amide bonds. The van der Waals surface area contributed by atoms with E-state index in [1.165, 1.54) is 6.08 Å². The van der Waals surface area contributed by atoms with Crippen molar-refractivity contribution in [3.05, 3.63) is 85.1 Å². The van der Waals surface area contributed by atoms with Crippen molar-refractivity contribution in [2.45, 2.75) is 39.9 Å². The van der Waals surface area contributed by atoms with Gasteiger partial charge in [0, 0.05) is 51.7 Å². The Bertz CT molecular complexity index is 1000. The second-order valence-electron chi connectivity index (χ2n) is 8.99. The van der Waals surface area contributed by atoms with E-state index in [1.807, 2.05) is 41.7 Å². The molecule has 0 spiro atoms. The fourth-order valence-electron chi connectivity index (χ4n) is 3.80. The van der Waals surface area contributed by atoms with Crippen molar-refractivity contribution >= 4 is 5.91 Å². The number of allylic oxidation sites excluding steroid dienone is 6. The van der Waals surface area contributed by atoms with Crippen molar-refractivity contribution in [3.63, 3.8) is 0 Å². The number of amides is 1. The molecule has 0 aliphatic carbocycles. The Morgan fingerprint density at radius 3 is 2.72 bits per heavy atom. The second kappa shape index (κ2) is 16.5. The summed E-state index contributed by atoms with van der Waals surface area (Å²) in [4.78, 5) is 26.1. The molecule has 196 valence electrons. The van der Waals surface area contributed by atoms with Gasteiger partial charge in [-0.2, -0.15) is 0 Å². The van der Waals surface area contributed by atoms with Crippen LogP contribution in [0.1, 0.15) is 27.2 Å². The number of rotatable bonds is 13. The van der Waals surface area contributed by atoms with Gasteiger partial charge in [0.2, 0.25) is 5.91 Å². The molecular weight excluding hydrogens is 455 g/mol. The Kier molecular flexibility index (Phi) is 13.4.